The second-order valence-electron chi connectivity index (χ2n) is 4.88. The highest BCUT2D eigenvalue weighted by atomic mass is 16.3. The van der Waals surface area contributed by atoms with E-state index in [1.54, 1.807) is 0 Å². The first-order valence-electron chi connectivity index (χ1n) is 5.98. The zero-order chi connectivity index (χ0) is 10.8. The van der Waals surface area contributed by atoms with Crippen LogP contribution in [-0.4, -0.2) is 59.5 Å². The molecule has 0 aromatic carbocycles. The van der Waals surface area contributed by atoms with Crippen LogP contribution < -0.4 is 5.32 Å². The first-order valence-corrected chi connectivity index (χ1v) is 5.98. The lowest BCUT2D eigenvalue weighted by Crippen LogP contribution is -2.41. The zero-order valence-corrected chi connectivity index (χ0v) is 9.39. The maximum Gasteiger partial charge on any atom is 0.0938 e. The Balaban J connectivity index is 1.81. The average Bonchev–Trinajstić information content (AvgIpc) is 2.59. The molecule has 0 radical (unpaired) electrons. The van der Waals surface area contributed by atoms with Crippen molar-refractivity contribution in [1.29, 1.82) is 0 Å². The summed E-state index contributed by atoms with van der Waals surface area (Å²) in [5, 5.41) is 22.3. The quantitative estimate of drug-likeness (QED) is 0.583. The number of rotatable bonds is 2. The van der Waals surface area contributed by atoms with Gasteiger partial charge in [-0.15, -0.1) is 0 Å². The minimum Gasteiger partial charge on any atom is -0.389 e. The summed E-state index contributed by atoms with van der Waals surface area (Å²) < 4.78 is 0. The summed E-state index contributed by atoms with van der Waals surface area (Å²) in [6.45, 7) is 1.30. The lowest BCUT2D eigenvalue weighted by Gasteiger charge is -2.34. The van der Waals surface area contributed by atoms with E-state index >= 15 is 0 Å². The largest absolute Gasteiger partial charge is 0.389 e. The minimum absolute atomic E-state index is 0.535. The van der Waals surface area contributed by atoms with Crippen LogP contribution in [0.5, 0.6) is 0 Å². The smallest absolute Gasteiger partial charge is 0.0938 e. The van der Waals surface area contributed by atoms with Crippen molar-refractivity contribution in [3.63, 3.8) is 0 Å². The highest BCUT2D eigenvalue weighted by Gasteiger charge is 2.35. The number of nitrogens with one attached hydrogen (secondary N) is 1. The maximum absolute atomic E-state index is 9.49. The Morgan fingerprint density at radius 2 is 1.53 bits per heavy atom. The Labute approximate surface area is 91.3 Å². The third-order valence-electron chi connectivity index (χ3n) is 3.91. The van der Waals surface area contributed by atoms with Crippen molar-refractivity contribution in [3.8, 4) is 0 Å². The Morgan fingerprint density at radius 1 is 1.00 bits per heavy atom. The van der Waals surface area contributed by atoms with Gasteiger partial charge in [-0.05, 0) is 32.7 Å². The fraction of sp³-hybridized carbons (Fsp3) is 1.00. The lowest BCUT2D eigenvalue weighted by atomic mass is 9.90. The fourth-order valence-electron chi connectivity index (χ4n) is 2.83. The van der Waals surface area contributed by atoms with E-state index in [0.29, 0.717) is 25.2 Å². The van der Waals surface area contributed by atoms with Crippen LogP contribution in [-0.2, 0) is 0 Å². The van der Waals surface area contributed by atoms with E-state index in [4.69, 9.17) is 0 Å². The van der Waals surface area contributed by atoms with Crippen molar-refractivity contribution in [2.45, 2.75) is 50.0 Å². The molecule has 2 aliphatic rings. The summed E-state index contributed by atoms with van der Waals surface area (Å²) in [5.41, 5.74) is 0. The number of aliphatic hydroxyl groups excluding tert-OH is 2. The third kappa shape index (κ3) is 2.50. The van der Waals surface area contributed by atoms with Crippen molar-refractivity contribution in [2.75, 3.05) is 20.1 Å². The molecule has 2 fully saturated rings. The molecule has 2 rings (SSSR count). The number of nitrogens with zero attached hydrogens (tertiary/aromatic N) is 1. The minimum atomic E-state index is -0.535. The maximum atomic E-state index is 9.49. The predicted molar refractivity (Wildman–Crippen MR) is 58.7 cm³/mol. The highest BCUT2D eigenvalue weighted by Crippen LogP contribution is 2.26. The molecule has 4 heteroatoms. The van der Waals surface area contributed by atoms with Gasteiger partial charge in [-0.25, -0.2) is 0 Å². The molecule has 0 aromatic rings. The first-order chi connectivity index (χ1) is 7.20. The van der Waals surface area contributed by atoms with Gasteiger partial charge in [-0.1, -0.05) is 0 Å². The van der Waals surface area contributed by atoms with Crippen molar-refractivity contribution in [1.82, 2.24) is 10.2 Å². The van der Waals surface area contributed by atoms with E-state index in [1.165, 1.54) is 25.7 Å². The van der Waals surface area contributed by atoms with Gasteiger partial charge in [0.15, 0.2) is 0 Å². The molecular formula is C11H22N2O2. The monoisotopic (exact) mass is 214 g/mol. The van der Waals surface area contributed by atoms with Crippen molar-refractivity contribution < 1.29 is 10.2 Å². The van der Waals surface area contributed by atoms with Crippen LogP contribution in [0.1, 0.15) is 25.7 Å². The number of aliphatic hydroxyl groups is 2. The predicted octanol–water partition coefficient (Wildman–Crippen LogP) is -0.446. The molecule has 1 aliphatic heterocycles. The van der Waals surface area contributed by atoms with Crippen molar-refractivity contribution >= 4 is 0 Å². The molecule has 1 aliphatic carbocycles. The molecule has 2 atom stereocenters. The van der Waals surface area contributed by atoms with Crippen molar-refractivity contribution in [3.05, 3.63) is 0 Å². The first kappa shape index (κ1) is 11.3. The molecule has 88 valence electrons. The Morgan fingerprint density at radius 3 is 2.00 bits per heavy atom. The number of hydrogen-bond acceptors (Lipinski definition) is 4. The highest BCUT2D eigenvalue weighted by molar-refractivity contribution is 4.90. The van der Waals surface area contributed by atoms with Gasteiger partial charge < -0.3 is 15.5 Å². The summed E-state index contributed by atoms with van der Waals surface area (Å²) in [5.74, 6) is 0. The molecular weight excluding hydrogens is 192 g/mol. The summed E-state index contributed by atoms with van der Waals surface area (Å²) in [4.78, 5) is 2.25. The average molecular weight is 214 g/mol. The van der Waals surface area contributed by atoms with Gasteiger partial charge in [0.05, 0.1) is 12.2 Å². The van der Waals surface area contributed by atoms with E-state index < -0.39 is 12.2 Å². The fourth-order valence-corrected chi connectivity index (χ4v) is 2.83. The SMILES string of the molecule is CNC1CCC(N2CC(O)C(O)C2)CC1. The van der Waals surface area contributed by atoms with Crippen LogP contribution in [0.25, 0.3) is 0 Å². The van der Waals surface area contributed by atoms with Gasteiger partial charge in [-0.2, -0.15) is 0 Å². The molecule has 15 heavy (non-hydrogen) atoms. The molecule has 1 heterocycles. The molecule has 0 bridgehead atoms. The second-order valence-corrected chi connectivity index (χ2v) is 4.88. The number of likely N-dealkylation sites (tertiary alicyclic amines) is 1. The van der Waals surface area contributed by atoms with Gasteiger partial charge in [0.1, 0.15) is 0 Å². The van der Waals surface area contributed by atoms with Crippen molar-refractivity contribution in [2.24, 2.45) is 0 Å². The topological polar surface area (TPSA) is 55.7 Å². The van der Waals surface area contributed by atoms with Gasteiger partial charge >= 0.3 is 0 Å². The molecule has 0 amide bonds. The summed E-state index contributed by atoms with van der Waals surface area (Å²) in [6.07, 6.45) is 3.72. The van der Waals surface area contributed by atoms with Gasteiger partial charge in [0.2, 0.25) is 0 Å². The van der Waals surface area contributed by atoms with E-state index in [-0.39, 0.29) is 0 Å². The van der Waals surface area contributed by atoms with Crippen LogP contribution >= 0.6 is 0 Å². The molecule has 0 aromatic heterocycles. The van der Waals surface area contributed by atoms with E-state index in [2.05, 4.69) is 10.2 Å². The Kier molecular flexibility index (Phi) is 3.61. The lowest BCUT2D eigenvalue weighted by molar-refractivity contribution is 0.0572. The number of hydrogen-bond donors (Lipinski definition) is 3. The Bertz CT molecular complexity index is 195. The molecule has 0 spiro atoms. The van der Waals surface area contributed by atoms with Crippen LogP contribution in [0.2, 0.25) is 0 Å². The third-order valence-corrected chi connectivity index (χ3v) is 3.91. The van der Waals surface area contributed by atoms with Crippen LogP contribution in [0.3, 0.4) is 0 Å². The van der Waals surface area contributed by atoms with Gasteiger partial charge in [0, 0.05) is 25.2 Å². The molecule has 3 N–H and O–H groups in total. The number of β-amino-alcohol motifs (C(OH)–C–C–N with tert-alkyl or cyclic N) is 2. The van der Waals surface area contributed by atoms with E-state index in [9.17, 15) is 10.2 Å². The molecule has 1 saturated carbocycles. The Hall–Kier alpha value is -0.160. The van der Waals surface area contributed by atoms with Crippen LogP contribution in [0.15, 0.2) is 0 Å². The molecule has 4 nitrogen and oxygen atoms in total. The van der Waals surface area contributed by atoms with Gasteiger partial charge in [-0.3, -0.25) is 4.90 Å². The van der Waals surface area contributed by atoms with E-state index in [1.807, 2.05) is 7.05 Å². The zero-order valence-electron chi connectivity index (χ0n) is 9.39. The van der Waals surface area contributed by atoms with Crippen LogP contribution in [0.4, 0.5) is 0 Å². The summed E-state index contributed by atoms with van der Waals surface area (Å²) in [6, 6.07) is 1.24. The van der Waals surface area contributed by atoms with Crippen LogP contribution in [0, 0.1) is 0 Å². The molecule has 1 saturated heterocycles. The summed E-state index contributed by atoms with van der Waals surface area (Å²) >= 11 is 0. The second kappa shape index (κ2) is 4.78. The molecule has 2 unspecified atom stereocenters. The standard InChI is InChI=1S/C11H22N2O2/c1-12-8-2-4-9(5-3-8)13-6-10(14)11(15)7-13/h8-12,14-15H,2-7H2,1H3. The summed E-state index contributed by atoms with van der Waals surface area (Å²) in [7, 11) is 2.02. The normalized spacial score (nSPS) is 43.4. The van der Waals surface area contributed by atoms with Gasteiger partial charge in [0.25, 0.3) is 0 Å². The van der Waals surface area contributed by atoms with E-state index in [0.717, 1.165) is 0 Å².